The summed E-state index contributed by atoms with van der Waals surface area (Å²) in [6.45, 7) is 1.26. The molecule has 0 fully saturated rings. The summed E-state index contributed by atoms with van der Waals surface area (Å²) in [5, 5.41) is 11.4. The van der Waals surface area contributed by atoms with Gasteiger partial charge in [0.2, 0.25) is 5.91 Å². The maximum atomic E-state index is 13.9. The summed E-state index contributed by atoms with van der Waals surface area (Å²) in [5.74, 6) is -2.03. The minimum Gasteiger partial charge on any atom is -0.464 e. The van der Waals surface area contributed by atoms with Crippen molar-refractivity contribution >= 4 is 34.9 Å². The third kappa shape index (κ3) is 3.02. The fourth-order valence-electron chi connectivity index (χ4n) is 2.13. The number of amides is 1. The molecule has 3 N–H and O–H groups in total. The van der Waals surface area contributed by atoms with Crippen LogP contribution in [0.25, 0.3) is 5.69 Å². The Hall–Kier alpha value is -3.05. The monoisotopic (exact) mass is 350 g/mol. The smallest absolute Gasteiger partial charge is 0.357 e. The summed E-state index contributed by atoms with van der Waals surface area (Å²) in [7, 11) is 1.14. The number of hydrogen-bond donors (Lipinski definition) is 2. The van der Waals surface area contributed by atoms with Crippen LogP contribution in [-0.2, 0) is 9.53 Å². The number of halogens is 2. The number of aromatic nitrogens is 1. The summed E-state index contributed by atoms with van der Waals surface area (Å²) in [5.41, 5.74) is 5.72. The Balaban J connectivity index is 2.81. The molecule has 0 atom stereocenters. The summed E-state index contributed by atoms with van der Waals surface area (Å²) in [6.07, 6.45) is 1.25. The first-order valence-electron chi connectivity index (χ1n) is 6.56. The molecule has 2 rings (SSSR count). The molecule has 0 aliphatic rings. The second kappa shape index (κ2) is 6.60. The van der Waals surface area contributed by atoms with Crippen molar-refractivity contribution in [2.75, 3.05) is 18.2 Å². The molecule has 1 amide bonds. The number of methoxy groups -OCH3 is 1. The number of esters is 1. The topological polar surface area (TPSA) is 110 Å². The third-order valence-corrected chi connectivity index (χ3v) is 3.44. The third-order valence-electron chi connectivity index (χ3n) is 3.15. The van der Waals surface area contributed by atoms with Gasteiger partial charge in [-0.1, -0.05) is 11.6 Å². The van der Waals surface area contributed by atoms with Crippen LogP contribution >= 0.6 is 11.6 Å². The van der Waals surface area contributed by atoms with Crippen LogP contribution in [0.2, 0.25) is 5.02 Å². The minimum absolute atomic E-state index is 0.000432. The normalized spacial score (nSPS) is 10.1. The summed E-state index contributed by atoms with van der Waals surface area (Å²) in [4.78, 5) is 23.4. The molecule has 0 bridgehead atoms. The first kappa shape index (κ1) is 17.3. The van der Waals surface area contributed by atoms with Crippen LogP contribution in [0.3, 0.4) is 0 Å². The molecule has 0 saturated heterocycles. The molecule has 0 radical (unpaired) electrons. The van der Waals surface area contributed by atoms with Crippen LogP contribution in [0, 0.1) is 17.1 Å². The van der Waals surface area contributed by atoms with Gasteiger partial charge in [-0.15, -0.1) is 0 Å². The van der Waals surface area contributed by atoms with E-state index in [1.807, 2.05) is 6.07 Å². The lowest BCUT2D eigenvalue weighted by Crippen LogP contribution is -2.14. The highest BCUT2D eigenvalue weighted by Crippen LogP contribution is 2.32. The Morgan fingerprint density at radius 1 is 1.46 bits per heavy atom. The van der Waals surface area contributed by atoms with E-state index in [9.17, 15) is 14.0 Å². The maximum absolute atomic E-state index is 13.9. The van der Waals surface area contributed by atoms with Crippen molar-refractivity contribution in [2.45, 2.75) is 6.92 Å². The van der Waals surface area contributed by atoms with Gasteiger partial charge in [-0.2, -0.15) is 5.26 Å². The fraction of sp³-hybridized carbons (Fsp3) is 0.133. The highest BCUT2D eigenvalue weighted by atomic mass is 35.5. The Bertz CT molecular complexity index is 886. The molecule has 9 heteroatoms. The molecular weight excluding hydrogens is 339 g/mol. The number of hydrogen-bond acceptors (Lipinski definition) is 5. The molecule has 124 valence electrons. The van der Waals surface area contributed by atoms with E-state index in [4.69, 9.17) is 22.6 Å². The molecule has 1 aromatic carbocycles. The fourth-order valence-corrected chi connectivity index (χ4v) is 2.29. The first-order chi connectivity index (χ1) is 11.3. The molecule has 0 aliphatic carbocycles. The number of nitrogens with one attached hydrogen (secondary N) is 1. The molecule has 0 aliphatic heterocycles. The number of nitrogens with two attached hydrogens (primary N) is 1. The summed E-state index contributed by atoms with van der Waals surface area (Å²) < 4.78 is 19.7. The number of rotatable bonds is 3. The molecule has 0 spiro atoms. The van der Waals surface area contributed by atoms with E-state index in [-0.39, 0.29) is 33.3 Å². The molecule has 1 aromatic heterocycles. The maximum Gasteiger partial charge on any atom is 0.357 e. The van der Waals surface area contributed by atoms with Crippen molar-refractivity contribution in [3.63, 3.8) is 0 Å². The van der Waals surface area contributed by atoms with Crippen LogP contribution in [0.4, 0.5) is 15.8 Å². The van der Waals surface area contributed by atoms with Gasteiger partial charge in [0.1, 0.15) is 11.9 Å². The number of carbonyl (C=O) groups excluding carboxylic acids is 2. The average molecular weight is 351 g/mol. The van der Waals surface area contributed by atoms with Gasteiger partial charge >= 0.3 is 5.97 Å². The number of anilines is 2. The zero-order valence-electron chi connectivity index (χ0n) is 12.7. The van der Waals surface area contributed by atoms with Crippen LogP contribution in [0.15, 0.2) is 18.3 Å². The number of benzene rings is 1. The number of nitrogen functional groups attached to an aromatic ring is 1. The molecule has 0 unspecified atom stereocenters. The SMILES string of the molecule is COC(=O)c1c(N)c(C#N)cn1-c1cc(F)c(Cl)cc1NC(C)=O. The lowest BCUT2D eigenvalue weighted by atomic mass is 10.2. The van der Waals surface area contributed by atoms with Crippen LogP contribution in [-0.4, -0.2) is 23.6 Å². The van der Waals surface area contributed by atoms with E-state index in [1.165, 1.54) is 23.8 Å². The largest absolute Gasteiger partial charge is 0.464 e. The van der Waals surface area contributed by atoms with E-state index >= 15 is 0 Å². The zero-order chi connectivity index (χ0) is 18.0. The van der Waals surface area contributed by atoms with Crippen LogP contribution in [0.5, 0.6) is 0 Å². The van der Waals surface area contributed by atoms with Gasteiger partial charge in [0.05, 0.1) is 34.8 Å². The number of ether oxygens (including phenoxy) is 1. The Morgan fingerprint density at radius 2 is 2.12 bits per heavy atom. The van der Waals surface area contributed by atoms with Gasteiger partial charge in [-0.05, 0) is 6.07 Å². The summed E-state index contributed by atoms with van der Waals surface area (Å²) in [6, 6.07) is 4.04. The van der Waals surface area contributed by atoms with Crippen molar-refractivity contribution in [3.05, 3.63) is 40.4 Å². The van der Waals surface area contributed by atoms with Crippen molar-refractivity contribution in [2.24, 2.45) is 0 Å². The number of nitriles is 1. The summed E-state index contributed by atoms with van der Waals surface area (Å²) >= 11 is 5.75. The van der Waals surface area contributed by atoms with Crippen molar-refractivity contribution in [1.82, 2.24) is 4.57 Å². The van der Waals surface area contributed by atoms with Gasteiger partial charge < -0.3 is 20.4 Å². The van der Waals surface area contributed by atoms with Gasteiger partial charge in [0, 0.05) is 19.2 Å². The number of nitrogens with zero attached hydrogens (tertiary/aromatic N) is 2. The predicted octanol–water partition coefficient (Wildman–Crippen LogP) is 2.47. The molecule has 7 nitrogen and oxygen atoms in total. The van der Waals surface area contributed by atoms with Crippen LogP contribution in [0.1, 0.15) is 23.0 Å². The highest BCUT2D eigenvalue weighted by Gasteiger charge is 2.24. The lowest BCUT2D eigenvalue weighted by Gasteiger charge is -2.14. The molecule has 24 heavy (non-hydrogen) atoms. The first-order valence-corrected chi connectivity index (χ1v) is 6.94. The van der Waals surface area contributed by atoms with E-state index in [0.29, 0.717) is 0 Å². The Labute approximate surface area is 141 Å². The predicted molar refractivity (Wildman–Crippen MR) is 85.5 cm³/mol. The second-order valence-corrected chi connectivity index (χ2v) is 5.15. The Kier molecular flexibility index (Phi) is 4.76. The van der Waals surface area contributed by atoms with Crippen molar-refractivity contribution < 1.29 is 18.7 Å². The van der Waals surface area contributed by atoms with Gasteiger partial charge in [0.25, 0.3) is 0 Å². The quantitative estimate of drug-likeness (QED) is 0.826. The van der Waals surface area contributed by atoms with Crippen LogP contribution < -0.4 is 11.1 Å². The zero-order valence-corrected chi connectivity index (χ0v) is 13.4. The average Bonchev–Trinajstić information content (AvgIpc) is 2.86. The van der Waals surface area contributed by atoms with E-state index in [2.05, 4.69) is 10.1 Å². The van der Waals surface area contributed by atoms with Gasteiger partial charge in [-0.3, -0.25) is 4.79 Å². The lowest BCUT2D eigenvalue weighted by molar-refractivity contribution is -0.114. The molecule has 1 heterocycles. The number of carbonyl (C=O) groups is 2. The van der Waals surface area contributed by atoms with E-state index in [1.54, 1.807) is 0 Å². The van der Waals surface area contributed by atoms with E-state index in [0.717, 1.165) is 13.2 Å². The van der Waals surface area contributed by atoms with Crippen molar-refractivity contribution in [3.8, 4) is 11.8 Å². The van der Waals surface area contributed by atoms with Gasteiger partial charge in [-0.25, -0.2) is 9.18 Å². The standard InChI is InChI=1S/C15H12ClFN4O3/c1-7(22)20-11-3-9(16)10(17)4-12(11)21-6-8(5-18)13(19)14(21)15(23)24-2/h3-4,6H,19H2,1-2H3,(H,20,22). The molecule has 2 aromatic rings. The molecule has 0 saturated carbocycles. The molecular formula is C15H12ClFN4O3. The van der Waals surface area contributed by atoms with Crippen molar-refractivity contribution in [1.29, 1.82) is 5.26 Å². The Morgan fingerprint density at radius 3 is 2.67 bits per heavy atom. The highest BCUT2D eigenvalue weighted by molar-refractivity contribution is 6.31. The second-order valence-electron chi connectivity index (χ2n) is 4.74. The van der Waals surface area contributed by atoms with Gasteiger partial charge in [0.15, 0.2) is 5.69 Å². The van der Waals surface area contributed by atoms with E-state index < -0.39 is 17.7 Å². The minimum atomic E-state index is -0.821.